The van der Waals surface area contributed by atoms with Gasteiger partial charge in [0, 0.05) is 16.0 Å². The van der Waals surface area contributed by atoms with Crippen LogP contribution in [0.25, 0.3) is 11.3 Å². The first-order valence-electron chi connectivity index (χ1n) is 8.99. The van der Waals surface area contributed by atoms with Crippen molar-refractivity contribution >= 4 is 28.3 Å². The number of carbonyl (C=O) groups is 2. The van der Waals surface area contributed by atoms with Crippen molar-refractivity contribution in [2.45, 2.75) is 20.5 Å². The fraction of sp³-hybridized carbons (Fsp3) is 0.190. The van der Waals surface area contributed by atoms with Crippen LogP contribution < -0.4 is 15.4 Å². The van der Waals surface area contributed by atoms with Gasteiger partial charge in [-0.1, -0.05) is 17.7 Å². The molecule has 3 rings (SSSR count). The molecule has 0 unspecified atom stereocenters. The lowest BCUT2D eigenvalue weighted by Gasteiger charge is -2.06. The molecule has 2 aromatic carbocycles. The van der Waals surface area contributed by atoms with E-state index < -0.39 is 12.5 Å². The van der Waals surface area contributed by atoms with Gasteiger partial charge in [0.15, 0.2) is 5.13 Å². The number of hydrogen-bond acceptors (Lipinski definition) is 5. The van der Waals surface area contributed by atoms with E-state index >= 15 is 0 Å². The van der Waals surface area contributed by atoms with Crippen LogP contribution in [-0.4, -0.2) is 30.0 Å². The molecular weight excluding hydrogens is 412 g/mol. The molecule has 156 valence electrons. The number of aromatic nitrogens is 1. The van der Waals surface area contributed by atoms with Crippen molar-refractivity contribution in [1.29, 1.82) is 0 Å². The van der Waals surface area contributed by atoms with E-state index in [-0.39, 0.29) is 18.2 Å². The topological polar surface area (TPSA) is 80.3 Å². The van der Waals surface area contributed by atoms with Gasteiger partial charge in [-0.2, -0.15) is 8.78 Å². The molecule has 0 spiro atoms. The Morgan fingerprint density at radius 2 is 1.73 bits per heavy atom. The van der Waals surface area contributed by atoms with Crippen LogP contribution in [0.3, 0.4) is 0 Å². The van der Waals surface area contributed by atoms with Crippen LogP contribution in [-0.2, 0) is 4.79 Å². The van der Waals surface area contributed by atoms with Gasteiger partial charge in [-0.05, 0) is 50.2 Å². The van der Waals surface area contributed by atoms with Gasteiger partial charge in [0.1, 0.15) is 5.75 Å². The highest BCUT2D eigenvalue weighted by Gasteiger charge is 2.14. The highest BCUT2D eigenvalue weighted by molar-refractivity contribution is 7.16. The summed E-state index contributed by atoms with van der Waals surface area (Å²) in [5, 5.41) is 5.60. The number of carbonyl (C=O) groups excluding carboxylic acids is 2. The number of halogens is 2. The number of ether oxygens (including phenoxy) is 1. The standard InChI is InChI=1S/C21H19F2N3O3S/c1-12-3-5-15(6-4-12)19(28)24-11-17(27)25-21-26-18(13(2)30-21)14-7-9-16(10-8-14)29-20(22)23/h3-10,20H,11H2,1-2H3,(H,24,28)(H,25,26,27). The Morgan fingerprint density at radius 1 is 1.07 bits per heavy atom. The number of rotatable bonds is 7. The fourth-order valence-electron chi connectivity index (χ4n) is 2.64. The molecule has 0 radical (unpaired) electrons. The number of amides is 2. The number of benzene rings is 2. The third-order valence-corrected chi connectivity index (χ3v) is 5.01. The second-order valence-electron chi connectivity index (χ2n) is 6.42. The minimum absolute atomic E-state index is 0.0551. The molecule has 0 atom stereocenters. The predicted molar refractivity (Wildman–Crippen MR) is 111 cm³/mol. The van der Waals surface area contributed by atoms with Gasteiger partial charge >= 0.3 is 6.61 Å². The summed E-state index contributed by atoms with van der Waals surface area (Å²) in [7, 11) is 0. The number of nitrogens with one attached hydrogen (secondary N) is 2. The van der Waals surface area contributed by atoms with Crippen molar-refractivity contribution in [3.8, 4) is 17.0 Å². The molecule has 0 fully saturated rings. The van der Waals surface area contributed by atoms with Crippen LogP contribution in [0.4, 0.5) is 13.9 Å². The Bertz CT molecular complexity index is 1030. The lowest BCUT2D eigenvalue weighted by Crippen LogP contribution is -2.32. The maximum absolute atomic E-state index is 12.3. The van der Waals surface area contributed by atoms with E-state index in [1.165, 1.54) is 23.5 Å². The second-order valence-corrected chi connectivity index (χ2v) is 7.63. The molecule has 3 aromatic rings. The second kappa shape index (κ2) is 9.45. The molecule has 0 aliphatic heterocycles. The smallest absolute Gasteiger partial charge is 0.387 e. The van der Waals surface area contributed by atoms with E-state index in [9.17, 15) is 18.4 Å². The average molecular weight is 431 g/mol. The lowest BCUT2D eigenvalue weighted by molar-refractivity contribution is -0.115. The first-order chi connectivity index (χ1) is 14.3. The van der Waals surface area contributed by atoms with Crippen LogP contribution >= 0.6 is 11.3 Å². The molecule has 1 aromatic heterocycles. The van der Waals surface area contributed by atoms with E-state index in [0.29, 0.717) is 22.0 Å². The van der Waals surface area contributed by atoms with E-state index in [1.807, 2.05) is 26.0 Å². The quantitative estimate of drug-likeness (QED) is 0.581. The Labute approximate surface area is 175 Å². The van der Waals surface area contributed by atoms with Gasteiger partial charge < -0.3 is 15.4 Å². The molecule has 0 bridgehead atoms. The van der Waals surface area contributed by atoms with Crippen molar-refractivity contribution < 1.29 is 23.1 Å². The zero-order chi connectivity index (χ0) is 21.7. The molecule has 0 aliphatic carbocycles. The van der Waals surface area contributed by atoms with Gasteiger partial charge in [-0.25, -0.2) is 4.98 Å². The molecule has 6 nitrogen and oxygen atoms in total. The van der Waals surface area contributed by atoms with E-state index in [2.05, 4.69) is 20.4 Å². The van der Waals surface area contributed by atoms with Crippen molar-refractivity contribution in [2.24, 2.45) is 0 Å². The Balaban J connectivity index is 1.59. The molecular formula is C21H19F2N3O3S. The summed E-state index contributed by atoms with van der Waals surface area (Å²) in [4.78, 5) is 29.5. The van der Waals surface area contributed by atoms with Gasteiger partial charge in [0.25, 0.3) is 5.91 Å². The van der Waals surface area contributed by atoms with Gasteiger partial charge in [-0.15, -0.1) is 11.3 Å². The van der Waals surface area contributed by atoms with Crippen LogP contribution in [0.2, 0.25) is 0 Å². The largest absolute Gasteiger partial charge is 0.435 e. The summed E-state index contributed by atoms with van der Waals surface area (Å²) >= 11 is 1.28. The number of aryl methyl sites for hydroxylation is 2. The van der Waals surface area contributed by atoms with Crippen LogP contribution in [0.1, 0.15) is 20.8 Å². The van der Waals surface area contributed by atoms with Crippen molar-refractivity contribution in [2.75, 3.05) is 11.9 Å². The number of hydrogen-bond donors (Lipinski definition) is 2. The third-order valence-electron chi connectivity index (χ3n) is 4.12. The first-order valence-corrected chi connectivity index (χ1v) is 9.81. The number of nitrogens with zero attached hydrogens (tertiary/aromatic N) is 1. The van der Waals surface area contributed by atoms with Crippen molar-refractivity contribution in [3.05, 3.63) is 64.5 Å². The normalized spacial score (nSPS) is 10.7. The Morgan fingerprint density at radius 3 is 2.37 bits per heavy atom. The zero-order valence-electron chi connectivity index (χ0n) is 16.2. The summed E-state index contributed by atoms with van der Waals surface area (Å²) < 4.78 is 28.9. The highest BCUT2D eigenvalue weighted by Crippen LogP contribution is 2.31. The molecule has 2 amide bonds. The third kappa shape index (κ3) is 5.60. The highest BCUT2D eigenvalue weighted by atomic mass is 32.1. The molecule has 1 heterocycles. The summed E-state index contributed by atoms with van der Waals surface area (Å²) in [6.07, 6.45) is 0. The molecule has 0 saturated heterocycles. The lowest BCUT2D eigenvalue weighted by atomic mass is 10.1. The van der Waals surface area contributed by atoms with Crippen LogP contribution in [0.15, 0.2) is 48.5 Å². The minimum Gasteiger partial charge on any atom is -0.435 e. The van der Waals surface area contributed by atoms with E-state index in [1.54, 1.807) is 24.3 Å². The maximum Gasteiger partial charge on any atom is 0.387 e. The fourth-order valence-corrected chi connectivity index (χ4v) is 3.49. The predicted octanol–water partition coefficient (Wildman–Crippen LogP) is 4.40. The van der Waals surface area contributed by atoms with E-state index in [0.717, 1.165) is 10.4 Å². The van der Waals surface area contributed by atoms with Gasteiger partial charge in [0.05, 0.1) is 12.2 Å². The van der Waals surface area contributed by atoms with Crippen molar-refractivity contribution in [1.82, 2.24) is 10.3 Å². The SMILES string of the molecule is Cc1ccc(C(=O)NCC(=O)Nc2nc(-c3ccc(OC(F)F)cc3)c(C)s2)cc1. The average Bonchev–Trinajstić information content (AvgIpc) is 3.06. The van der Waals surface area contributed by atoms with Crippen LogP contribution in [0, 0.1) is 13.8 Å². The van der Waals surface area contributed by atoms with Crippen LogP contribution in [0.5, 0.6) is 5.75 Å². The molecule has 2 N–H and O–H groups in total. The monoisotopic (exact) mass is 431 g/mol. The molecule has 0 saturated carbocycles. The molecule has 9 heteroatoms. The Kier molecular flexibility index (Phi) is 6.73. The summed E-state index contributed by atoms with van der Waals surface area (Å²) in [6, 6.07) is 13.1. The number of anilines is 1. The number of thiazole rings is 1. The summed E-state index contributed by atoms with van der Waals surface area (Å²) in [5.74, 6) is -0.691. The number of alkyl halides is 2. The summed E-state index contributed by atoms with van der Waals surface area (Å²) in [5.41, 5.74) is 2.84. The molecule has 30 heavy (non-hydrogen) atoms. The maximum atomic E-state index is 12.3. The van der Waals surface area contributed by atoms with Crippen molar-refractivity contribution in [3.63, 3.8) is 0 Å². The van der Waals surface area contributed by atoms with Gasteiger partial charge in [-0.3, -0.25) is 9.59 Å². The molecule has 0 aliphatic rings. The van der Waals surface area contributed by atoms with E-state index in [4.69, 9.17) is 0 Å². The first kappa shape index (κ1) is 21.4. The minimum atomic E-state index is -2.88. The van der Waals surface area contributed by atoms with Gasteiger partial charge in [0.2, 0.25) is 5.91 Å². The summed E-state index contributed by atoms with van der Waals surface area (Å²) in [6.45, 7) is 0.682. The Hall–Kier alpha value is -3.33. The zero-order valence-corrected chi connectivity index (χ0v) is 17.1.